The molecule has 0 aliphatic carbocycles. The van der Waals surface area contributed by atoms with E-state index in [1.807, 2.05) is 32.0 Å². The van der Waals surface area contributed by atoms with E-state index < -0.39 is 0 Å². The highest BCUT2D eigenvalue weighted by molar-refractivity contribution is 7.16. The summed E-state index contributed by atoms with van der Waals surface area (Å²) < 4.78 is 5.64. The zero-order valence-corrected chi connectivity index (χ0v) is 16.2. The van der Waals surface area contributed by atoms with Gasteiger partial charge < -0.3 is 9.73 Å². The van der Waals surface area contributed by atoms with E-state index in [9.17, 15) is 4.79 Å². The summed E-state index contributed by atoms with van der Waals surface area (Å²) in [4.78, 5) is 19.2. The molecule has 3 heterocycles. The Balaban J connectivity index is 1.36. The molecule has 1 N–H and O–H groups in total. The molecule has 0 spiro atoms. The summed E-state index contributed by atoms with van der Waals surface area (Å²) in [5, 5.41) is 7.04. The van der Waals surface area contributed by atoms with E-state index in [0.29, 0.717) is 12.3 Å². The maximum absolute atomic E-state index is 12.3. The third-order valence-corrected chi connectivity index (χ3v) is 6.03. The topological polar surface area (TPSA) is 55.1 Å². The minimum Gasteiger partial charge on any atom is -0.451 e. The van der Waals surface area contributed by atoms with E-state index in [1.54, 1.807) is 28.7 Å². The van der Waals surface area contributed by atoms with Gasteiger partial charge in [0.15, 0.2) is 5.76 Å². The highest BCUT2D eigenvalue weighted by atomic mass is 32.1. The van der Waals surface area contributed by atoms with Gasteiger partial charge in [-0.1, -0.05) is 11.6 Å². The van der Waals surface area contributed by atoms with Gasteiger partial charge in [-0.25, -0.2) is 4.98 Å². The van der Waals surface area contributed by atoms with Gasteiger partial charge in [0.05, 0.1) is 15.6 Å². The molecule has 0 saturated heterocycles. The van der Waals surface area contributed by atoms with Crippen molar-refractivity contribution in [3.05, 3.63) is 63.0 Å². The van der Waals surface area contributed by atoms with E-state index in [2.05, 4.69) is 27.8 Å². The van der Waals surface area contributed by atoms with Gasteiger partial charge in [-0.05, 0) is 50.6 Å². The monoisotopic (exact) mass is 382 g/mol. The van der Waals surface area contributed by atoms with Crippen LogP contribution >= 0.6 is 22.7 Å². The maximum atomic E-state index is 12.3. The van der Waals surface area contributed by atoms with Crippen molar-refractivity contribution in [1.29, 1.82) is 0 Å². The SMILES string of the molecule is Cc1ccc2oc(C(=O)NCCc3ccc(-c4csc(C)n4)s3)cc2c1. The van der Waals surface area contributed by atoms with Crippen LogP contribution in [0.15, 0.2) is 46.2 Å². The number of carbonyl (C=O) groups excluding carboxylic acids is 1. The molecule has 4 rings (SSSR count). The van der Waals surface area contributed by atoms with Gasteiger partial charge in [0.2, 0.25) is 0 Å². The Kier molecular flexibility index (Phi) is 4.61. The zero-order valence-electron chi connectivity index (χ0n) is 14.5. The van der Waals surface area contributed by atoms with Crippen LogP contribution in [0.1, 0.15) is 26.0 Å². The first-order chi connectivity index (χ1) is 12.6. The molecule has 3 aromatic heterocycles. The van der Waals surface area contributed by atoms with Gasteiger partial charge in [0, 0.05) is 22.2 Å². The maximum Gasteiger partial charge on any atom is 0.287 e. The summed E-state index contributed by atoms with van der Waals surface area (Å²) in [7, 11) is 0. The molecule has 1 aromatic carbocycles. The van der Waals surface area contributed by atoms with Crippen molar-refractivity contribution >= 4 is 39.5 Å². The van der Waals surface area contributed by atoms with E-state index in [0.717, 1.165) is 33.7 Å². The quantitative estimate of drug-likeness (QED) is 0.516. The zero-order chi connectivity index (χ0) is 18.1. The molecular formula is C20H18N2O2S2. The molecule has 0 aliphatic rings. The number of benzene rings is 1. The summed E-state index contributed by atoms with van der Waals surface area (Å²) in [5.41, 5.74) is 2.92. The van der Waals surface area contributed by atoms with Gasteiger partial charge in [-0.15, -0.1) is 22.7 Å². The number of nitrogens with zero attached hydrogens (tertiary/aromatic N) is 1. The second kappa shape index (κ2) is 7.05. The first-order valence-corrected chi connectivity index (χ1v) is 10.1. The summed E-state index contributed by atoms with van der Waals surface area (Å²) in [6, 6.07) is 11.9. The Bertz CT molecular complexity index is 1070. The van der Waals surface area contributed by atoms with Crippen molar-refractivity contribution in [2.45, 2.75) is 20.3 Å². The molecule has 4 nitrogen and oxygen atoms in total. The molecular weight excluding hydrogens is 364 g/mol. The second-order valence-electron chi connectivity index (χ2n) is 6.18. The van der Waals surface area contributed by atoms with Crippen LogP contribution in [-0.4, -0.2) is 17.4 Å². The number of furan rings is 1. The number of thiophene rings is 1. The van der Waals surface area contributed by atoms with Crippen LogP contribution in [0.25, 0.3) is 21.5 Å². The first-order valence-electron chi connectivity index (χ1n) is 8.38. The molecule has 4 aromatic rings. The predicted octanol–water partition coefficient (Wildman–Crippen LogP) is 5.21. The van der Waals surface area contributed by atoms with Crippen molar-refractivity contribution in [1.82, 2.24) is 10.3 Å². The molecule has 0 unspecified atom stereocenters. The number of thiazole rings is 1. The number of amides is 1. The fourth-order valence-corrected chi connectivity index (χ4v) is 4.44. The molecule has 0 fully saturated rings. The van der Waals surface area contributed by atoms with Crippen molar-refractivity contribution < 1.29 is 9.21 Å². The Morgan fingerprint density at radius 1 is 1.19 bits per heavy atom. The molecule has 1 amide bonds. The highest BCUT2D eigenvalue weighted by Gasteiger charge is 2.12. The summed E-state index contributed by atoms with van der Waals surface area (Å²) in [6.45, 7) is 4.61. The molecule has 0 atom stereocenters. The van der Waals surface area contributed by atoms with Crippen LogP contribution in [0.4, 0.5) is 0 Å². The standard InChI is InChI=1S/C20H18N2O2S2/c1-12-3-5-17-14(9-12)10-18(24-17)20(23)21-8-7-15-4-6-19(26-15)16-11-25-13(2)22-16/h3-6,9-11H,7-8H2,1-2H3,(H,21,23). The average molecular weight is 383 g/mol. The minimum absolute atomic E-state index is 0.175. The third-order valence-electron chi connectivity index (χ3n) is 4.09. The molecule has 6 heteroatoms. The smallest absolute Gasteiger partial charge is 0.287 e. The van der Waals surface area contributed by atoms with Crippen molar-refractivity contribution in [2.24, 2.45) is 0 Å². The Morgan fingerprint density at radius 2 is 2.08 bits per heavy atom. The molecule has 26 heavy (non-hydrogen) atoms. The second-order valence-corrected chi connectivity index (χ2v) is 8.41. The van der Waals surface area contributed by atoms with Crippen molar-refractivity contribution in [2.75, 3.05) is 6.54 Å². The number of fused-ring (bicyclic) bond motifs is 1. The fraction of sp³-hybridized carbons (Fsp3) is 0.200. The van der Waals surface area contributed by atoms with Crippen LogP contribution in [0.3, 0.4) is 0 Å². The summed E-state index contributed by atoms with van der Waals surface area (Å²) in [5.74, 6) is 0.182. The fourth-order valence-electron chi connectivity index (χ4n) is 2.79. The van der Waals surface area contributed by atoms with E-state index in [-0.39, 0.29) is 5.91 Å². The van der Waals surface area contributed by atoms with E-state index in [4.69, 9.17) is 4.42 Å². The van der Waals surface area contributed by atoms with Crippen molar-refractivity contribution in [3.8, 4) is 10.6 Å². The normalized spacial score (nSPS) is 11.2. The lowest BCUT2D eigenvalue weighted by Crippen LogP contribution is -2.24. The number of nitrogens with one attached hydrogen (secondary N) is 1. The number of aromatic nitrogens is 1. The van der Waals surface area contributed by atoms with Crippen LogP contribution in [0.5, 0.6) is 0 Å². The number of hydrogen-bond acceptors (Lipinski definition) is 5. The largest absolute Gasteiger partial charge is 0.451 e. The minimum atomic E-state index is -0.175. The highest BCUT2D eigenvalue weighted by Crippen LogP contribution is 2.29. The van der Waals surface area contributed by atoms with Crippen LogP contribution < -0.4 is 5.32 Å². The molecule has 0 saturated carbocycles. The average Bonchev–Trinajstić information content (AvgIpc) is 3.33. The Labute approximate surface area is 159 Å². The molecule has 0 bridgehead atoms. The van der Waals surface area contributed by atoms with Crippen molar-refractivity contribution in [3.63, 3.8) is 0 Å². The van der Waals surface area contributed by atoms with Crippen LogP contribution in [-0.2, 0) is 6.42 Å². The van der Waals surface area contributed by atoms with E-state index >= 15 is 0 Å². The lowest BCUT2D eigenvalue weighted by atomic mass is 10.2. The number of rotatable bonds is 5. The van der Waals surface area contributed by atoms with Gasteiger partial charge in [0.25, 0.3) is 5.91 Å². The number of hydrogen-bond donors (Lipinski definition) is 1. The van der Waals surface area contributed by atoms with Crippen LogP contribution in [0, 0.1) is 13.8 Å². The Hall–Kier alpha value is -2.44. The van der Waals surface area contributed by atoms with Gasteiger partial charge in [0.1, 0.15) is 5.58 Å². The summed E-state index contributed by atoms with van der Waals surface area (Å²) >= 11 is 3.38. The molecule has 0 aliphatic heterocycles. The van der Waals surface area contributed by atoms with Crippen LogP contribution in [0.2, 0.25) is 0 Å². The lowest BCUT2D eigenvalue weighted by molar-refractivity contribution is 0.0928. The summed E-state index contributed by atoms with van der Waals surface area (Å²) in [6.07, 6.45) is 0.791. The van der Waals surface area contributed by atoms with Gasteiger partial charge in [-0.2, -0.15) is 0 Å². The first kappa shape index (κ1) is 17.0. The van der Waals surface area contributed by atoms with E-state index in [1.165, 1.54) is 9.75 Å². The number of carbonyl (C=O) groups is 1. The Morgan fingerprint density at radius 3 is 2.88 bits per heavy atom. The molecule has 0 radical (unpaired) electrons. The third kappa shape index (κ3) is 3.57. The predicted molar refractivity (Wildman–Crippen MR) is 107 cm³/mol. The number of aryl methyl sites for hydroxylation is 2. The van der Waals surface area contributed by atoms with Gasteiger partial charge in [-0.3, -0.25) is 4.79 Å². The molecule has 132 valence electrons. The lowest BCUT2D eigenvalue weighted by Gasteiger charge is -2.01. The van der Waals surface area contributed by atoms with Gasteiger partial charge >= 0.3 is 0 Å².